The average molecular weight is 386 g/mol. The van der Waals surface area contributed by atoms with E-state index in [2.05, 4.69) is 22.1 Å². The molecule has 2 heterocycles. The highest BCUT2D eigenvalue weighted by molar-refractivity contribution is 6.00. The summed E-state index contributed by atoms with van der Waals surface area (Å²) in [7, 11) is 4.03. The van der Waals surface area contributed by atoms with Crippen molar-refractivity contribution in [3.8, 4) is 5.88 Å². The van der Waals surface area contributed by atoms with E-state index in [4.69, 9.17) is 4.74 Å². The number of oxime groups is 1. The van der Waals surface area contributed by atoms with Crippen molar-refractivity contribution in [3.05, 3.63) is 59.0 Å². The molecule has 28 heavy (non-hydrogen) atoms. The van der Waals surface area contributed by atoms with Crippen molar-refractivity contribution in [2.24, 2.45) is 5.16 Å². The molecule has 1 N–H and O–H groups in total. The van der Waals surface area contributed by atoms with E-state index in [1.807, 2.05) is 31.0 Å². The molecule has 0 saturated carbocycles. The Hall–Kier alpha value is -2.67. The molecule has 1 aromatic heterocycles. The molecule has 0 aliphatic carbocycles. The molecule has 6 nitrogen and oxygen atoms in total. The molecule has 1 aliphatic rings. The number of nitrogens with zero attached hydrogens (tertiary/aromatic N) is 4. The van der Waals surface area contributed by atoms with Crippen molar-refractivity contribution < 1.29 is 14.3 Å². The molecule has 0 spiro atoms. The van der Waals surface area contributed by atoms with Gasteiger partial charge in [-0.1, -0.05) is 23.4 Å². The lowest BCUT2D eigenvalue weighted by Gasteiger charge is -2.36. The minimum absolute atomic E-state index is 0.0484. The van der Waals surface area contributed by atoms with E-state index < -0.39 is 0 Å². The van der Waals surface area contributed by atoms with Crippen LogP contribution in [0.1, 0.15) is 29.7 Å². The number of hydrogen-bond acceptors (Lipinski definition) is 5. The summed E-state index contributed by atoms with van der Waals surface area (Å²) in [6, 6.07) is 10.4. The third kappa shape index (κ3) is 4.59. The lowest BCUT2D eigenvalue weighted by molar-refractivity contribution is 0.187. The highest BCUT2D eigenvalue weighted by atomic mass is 19.1. The molecule has 7 heteroatoms. The highest BCUT2D eigenvalue weighted by Crippen LogP contribution is 2.24. The molecular formula is C21H27FN4O2. The first kappa shape index (κ1) is 20.1. The first-order chi connectivity index (χ1) is 13.5. The molecule has 2 aromatic rings. The Bertz CT molecular complexity index is 835. The van der Waals surface area contributed by atoms with Gasteiger partial charge in [-0.15, -0.1) is 0 Å². The van der Waals surface area contributed by atoms with E-state index in [1.54, 1.807) is 18.2 Å². The van der Waals surface area contributed by atoms with Crippen LogP contribution in [0.25, 0.3) is 0 Å². The van der Waals surface area contributed by atoms with Crippen LogP contribution in [0.5, 0.6) is 5.88 Å². The minimum atomic E-state index is -0.323. The van der Waals surface area contributed by atoms with Crippen LogP contribution in [-0.2, 0) is 6.61 Å². The third-order valence-electron chi connectivity index (χ3n) is 5.23. The van der Waals surface area contributed by atoms with Gasteiger partial charge in [0, 0.05) is 24.3 Å². The predicted molar refractivity (Wildman–Crippen MR) is 106 cm³/mol. The molecule has 3 rings (SSSR count). The van der Waals surface area contributed by atoms with Crippen LogP contribution in [0, 0.1) is 12.7 Å². The number of rotatable bonds is 5. The normalized spacial score (nSPS) is 16.2. The van der Waals surface area contributed by atoms with E-state index in [-0.39, 0.29) is 18.5 Å². The van der Waals surface area contributed by atoms with Crippen molar-refractivity contribution >= 4 is 5.84 Å². The van der Waals surface area contributed by atoms with Gasteiger partial charge >= 0.3 is 0 Å². The summed E-state index contributed by atoms with van der Waals surface area (Å²) in [5.41, 5.74) is 1.81. The fraction of sp³-hybridized carbons (Fsp3) is 0.429. The van der Waals surface area contributed by atoms with Crippen molar-refractivity contribution in [3.63, 3.8) is 0 Å². The number of halogens is 1. The quantitative estimate of drug-likeness (QED) is 0.370. The number of amidine groups is 1. The van der Waals surface area contributed by atoms with E-state index >= 15 is 0 Å². The number of piperidine rings is 1. The second-order valence-electron chi connectivity index (χ2n) is 7.25. The van der Waals surface area contributed by atoms with Gasteiger partial charge in [0.2, 0.25) is 5.88 Å². The number of likely N-dealkylation sites (tertiary alicyclic amines) is 1. The summed E-state index contributed by atoms with van der Waals surface area (Å²) in [6.07, 6.45) is 1.97. The number of hydrogen-bond donors (Lipinski definition) is 1. The van der Waals surface area contributed by atoms with E-state index in [0.29, 0.717) is 22.8 Å². The molecule has 0 unspecified atom stereocenters. The van der Waals surface area contributed by atoms with E-state index in [0.717, 1.165) is 31.6 Å². The Morgan fingerprint density at radius 3 is 2.68 bits per heavy atom. The van der Waals surface area contributed by atoms with Gasteiger partial charge in [0.05, 0.1) is 5.56 Å². The van der Waals surface area contributed by atoms with Crippen molar-refractivity contribution in [2.45, 2.75) is 32.4 Å². The summed E-state index contributed by atoms with van der Waals surface area (Å²) in [5, 5.41) is 13.3. The second kappa shape index (κ2) is 9.01. The van der Waals surface area contributed by atoms with Crippen LogP contribution >= 0.6 is 0 Å². The number of aryl methyl sites for hydroxylation is 1. The lowest BCUT2D eigenvalue weighted by Crippen LogP contribution is -2.45. The molecule has 1 saturated heterocycles. The van der Waals surface area contributed by atoms with Gasteiger partial charge in [-0.3, -0.25) is 0 Å². The average Bonchev–Trinajstić information content (AvgIpc) is 2.69. The fourth-order valence-corrected chi connectivity index (χ4v) is 3.44. The molecule has 0 radical (unpaired) electrons. The molecule has 1 aliphatic heterocycles. The molecule has 0 atom stereocenters. The highest BCUT2D eigenvalue weighted by Gasteiger charge is 2.26. The zero-order valence-electron chi connectivity index (χ0n) is 16.6. The Kier molecular flexibility index (Phi) is 6.46. The zero-order valence-corrected chi connectivity index (χ0v) is 16.6. The first-order valence-electron chi connectivity index (χ1n) is 9.47. The smallest absolute Gasteiger partial charge is 0.225 e. The molecule has 0 amide bonds. The topological polar surface area (TPSA) is 61.2 Å². The Labute approximate surface area is 165 Å². The SMILES string of the molecule is Cc1ccc(/C(=N/O)N(C)C2CCN(C)CC2)c(OCc2ccccc2F)n1. The van der Waals surface area contributed by atoms with Crippen molar-refractivity contribution in [2.75, 3.05) is 27.2 Å². The van der Waals surface area contributed by atoms with Crippen LogP contribution in [-0.4, -0.2) is 59.1 Å². The van der Waals surface area contributed by atoms with Crippen LogP contribution in [0.3, 0.4) is 0 Å². The largest absolute Gasteiger partial charge is 0.472 e. The molecule has 1 fully saturated rings. The maximum absolute atomic E-state index is 13.9. The summed E-state index contributed by atoms with van der Waals surface area (Å²) >= 11 is 0. The number of ether oxygens (including phenoxy) is 1. The predicted octanol–water partition coefficient (Wildman–Crippen LogP) is 3.27. The summed E-state index contributed by atoms with van der Waals surface area (Å²) in [6.45, 7) is 3.90. The molecule has 150 valence electrons. The van der Waals surface area contributed by atoms with Gasteiger partial charge < -0.3 is 19.7 Å². The van der Waals surface area contributed by atoms with Gasteiger partial charge in [0.25, 0.3) is 0 Å². The minimum Gasteiger partial charge on any atom is -0.472 e. The van der Waals surface area contributed by atoms with Gasteiger partial charge in [-0.25, -0.2) is 9.37 Å². The summed E-state index contributed by atoms with van der Waals surface area (Å²) in [5.74, 6) is 0.414. The van der Waals surface area contributed by atoms with Crippen LogP contribution in [0.2, 0.25) is 0 Å². The van der Waals surface area contributed by atoms with Crippen LogP contribution in [0.15, 0.2) is 41.6 Å². The van der Waals surface area contributed by atoms with Gasteiger partial charge in [-0.2, -0.15) is 0 Å². The van der Waals surface area contributed by atoms with Gasteiger partial charge in [0.1, 0.15) is 12.4 Å². The second-order valence-corrected chi connectivity index (χ2v) is 7.25. The summed E-state index contributed by atoms with van der Waals surface area (Å²) < 4.78 is 19.8. The molecule has 1 aromatic carbocycles. The number of aromatic nitrogens is 1. The monoisotopic (exact) mass is 386 g/mol. The van der Waals surface area contributed by atoms with Crippen molar-refractivity contribution in [1.29, 1.82) is 0 Å². The van der Waals surface area contributed by atoms with Crippen LogP contribution < -0.4 is 4.74 Å². The van der Waals surface area contributed by atoms with Crippen LogP contribution in [0.4, 0.5) is 4.39 Å². The molecular weight excluding hydrogens is 359 g/mol. The maximum Gasteiger partial charge on any atom is 0.225 e. The lowest BCUT2D eigenvalue weighted by atomic mass is 10.0. The Morgan fingerprint density at radius 1 is 1.29 bits per heavy atom. The fourth-order valence-electron chi connectivity index (χ4n) is 3.44. The standard InChI is InChI=1S/C21H27FN4O2/c1-15-8-9-18(20(24-27)26(3)17-10-12-25(2)13-11-17)21(23-15)28-14-16-6-4-5-7-19(16)22/h4-9,17,27H,10-14H2,1-3H3/b24-20-. The third-order valence-corrected chi connectivity index (χ3v) is 5.23. The van der Waals surface area contributed by atoms with Crippen molar-refractivity contribution in [1.82, 2.24) is 14.8 Å². The van der Waals surface area contributed by atoms with Gasteiger partial charge in [0.15, 0.2) is 5.84 Å². The number of benzene rings is 1. The Balaban J connectivity index is 1.82. The zero-order chi connectivity index (χ0) is 20.1. The molecule has 0 bridgehead atoms. The van der Waals surface area contributed by atoms with E-state index in [1.165, 1.54) is 6.07 Å². The maximum atomic E-state index is 13.9. The summed E-state index contributed by atoms with van der Waals surface area (Å²) in [4.78, 5) is 8.72. The first-order valence-corrected chi connectivity index (χ1v) is 9.47. The van der Waals surface area contributed by atoms with Gasteiger partial charge in [-0.05, 0) is 58.1 Å². The van der Waals surface area contributed by atoms with E-state index in [9.17, 15) is 9.60 Å². The Morgan fingerprint density at radius 2 is 2.00 bits per heavy atom. The number of pyridine rings is 1.